The van der Waals surface area contributed by atoms with Gasteiger partial charge in [-0.1, -0.05) is 13.3 Å². The molecule has 1 atom stereocenters. The molecule has 0 aromatic carbocycles. The maximum absolute atomic E-state index is 10.8. The van der Waals surface area contributed by atoms with Gasteiger partial charge in [-0.25, -0.2) is 0 Å². The first-order chi connectivity index (χ1) is 8.72. The van der Waals surface area contributed by atoms with Crippen molar-refractivity contribution in [1.82, 2.24) is 5.32 Å². The van der Waals surface area contributed by atoms with Gasteiger partial charge in [-0.3, -0.25) is 4.79 Å². The number of rotatable bonds is 13. The molecule has 0 bridgehead atoms. The van der Waals surface area contributed by atoms with E-state index < -0.39 is 12.0 Å². The lowest BCUT2D eigenvalue weighted by Gasteiger charge is -2.13. The van der Waals surface area contributed by atoms with Crippen molar-refractivity contribution >= 4 is 5.97 Å². The summed E-state index contributed by atoms with van der Waals surface area (Å²) >= 11 is 0. The molecule has 0 aliphatic heterocycles. The van der Waals surface area contributed by atoms with Crippen LogP contribution >= 0.6 is 0 Å². The molecule has 18 heavy (non-hydrogen) atoms. The van der Waals surface area contributed by atoms with Gasteiger partial charge in [-0.05, 0) is 6.42 Å². The van der Waals surface area contributed by atoms with E-state index in [1.54, 1.807) is 7.11 Å². The van der Waals surface area contributed by atoms with Gasteiger partial charge in [0.2, 0.25) is 0 Å². The fourth-order valence-corrected chi connectivity index (χ4v) is 1.37. The molecule has 0 spiro atoms. The molecule has 6 nitrogen and oxygen atoms in total. The molecule has 0 amide bonds. The quantitative estimate of drug-likeness (QED) is 0.471. The predicted molar refractivity (Wildman–Crippen MR) is 67.8 cm³/mol. The Morgan fingerprint density at radius 3 is 2.33 bits per heavy atom. The van der Waals surface area contributed by atoms with Crippen LogP contribution in [0.5, 0.6) is 0 Å². The van der Waals surface area contributed by atoms with Crippen molar-refractivity contribution in [2.75, 3.05) is 46.7 Å². The predicted octanol–water partition coefficient (Wildman–Crippen LogP) is 0.509. The largest absolute Gasteiger partial charge is 0.480 e. The smallest absolute Gasteiger partial charge is 0.320 e. The summed E-state index contributed by atoms with van der Waals surface area (Å²) in [6, 6.07) is -0.475. The maximum atomic E-state index is 10.8. The molecule has 0 aliphatic carbocycles. The van der Waals surface area contributed by atoms with Crippen molar-refractivity contribution in [3.05, 3.63) is 0 Å². The van der Waals surface area contributed by atoms with E-state index in [0.29, 0.717) is 46.0 Å². The van der Waals surface area contributed by atoms with E-state index in [-0.39, 0.29) is 0 Å². The van der Waals surface area contributed by atoms with Crippen molar-refractivity contribution in [3.63, 3.8) is 0 Å². The van der Waals surface area contributed by atoms with Crippen LogP contribution in [0.4, 0.5) is 0 Å². The Morgan fingerprint density at radius 1 is 1.17 bits per heavy atom. The van der Waals surface area contributed by atoms with E-state index in [9.17, 15) is 4.79 Å². The van der Waals surface area contributed by atoms with Gasteiger partial charge in [0.25, 0.3) is 0 Å². The molecule has 0 heterocycles. The first-order valence-corrected chi connectivity index (χ1v) is 6.33. The number of ether oxygens (including phenoxy) is 3. The molecule has 0 aromatic heterocycles. The minimum atomic E-state index is -0.806. The molecular weight excluding hydrogens is 238 g/mol. The van der Waals surface area contributed by atoms with Crippen LogP contribution in [-0.4, -0.2) is 63.8 Å². The minimum Gasteiger partial charge on any atom is -0.480 e. The molecule has 0 saturated carbocycles. The molecule has 1 unspecified atom stereocenters. The van der Waals surface area contributed by atoms with Crippen molar-refractivity contribution in [3.8, 4) is 0 Å². The zero-order valence-electron chi connectivity index (χ0n) is 11.3. The Kier molecular flexibility index (Phi) is 12.3. The molecule has 0 rings (SSSR count). The molecule has 108 valence electrons. The third-order valence-electron chi connectivity index (χ3n) is 2.32. The molecule has 2 N–H and O–H groups in total. The van der Waals surface area contributed by atoms with Gasteiger partial charge in [0.15, 0.2) is 0 Å². The summed E-state index contributed by atoms with van der Waals surface area (Å²) in [5, 5.41) is 11.8. The second kappa shape index (κ2) is 12.8. The molecule has 0 saturated heterocycles. The van der Waals surface area contributed by atoms with Crippen molar-refractivity contribution < 1.29 is 24.1 Å². The van der Waals surface area contributed by atoms with E-state index in [1.807, 2.05) is 6.92 Å². The van der Waals surface area contributed by atoms with Crippen LogP contribution in [-0.2, 0) is 19.0 Å². The van der Waals surface area contributed by atoms with Crippen LogP contribution in [0.15, 0.2) is 0 Å². The Hall–Kier alpha value is -0.690. The first kappa shape index (κ1) is 17.3. The number of carbonyl (C=O) groups is 1. The van der Waals surface area contributed by atoms with Crippen LogP contribution in [0.2, 0.25) is 0 Å². The van der Waals surface area contributed by atoms with E-state index in [1.165, 1.54) is 0 Å². The normalized spacial score (nSPS) is 12.6. The average Bonchev–Trinajstić information content (AvgIpc) is 2.35. The fourth-order valence-electron chi connectivity index (χ4n) is 1.37. The Morgan fingerprint density at radius 2 is 1.78 bits per heavy atom. The summed E-state index contributed by atoms with van der Waals surface area (Å²) < 4.78 is 15.3. The molecule has 0 radical (unpaired) electrons. The monoisotopic (exact) mass is 263 g/mol. The van der Waals surface area contributed by atoms with Crippen LogP contribution in [0.3, 0.4) is 0 Å². The summed E-state index contributed by atoms with van der Waals surface area (Å²) in [6.45, 7) is 5.17. The molecule has 0 fully saturated rings. The van der Waals surface area contributed by atoms with Crippen molar-refractivity contribution in [2.24, 2.45) is 0 Å². The molecule has 0 aliphatic rings. The summed E-state index contributed by atoms with van der Waals surface area (Å²) in [7, 11) is 1.63. The van der Waals surface area contributed by atoms with Gasteiger partial charge in [0.05, 0.1) is 33.0 Å². The molecule has 6 heteroatoms. The highest BCUT2D eigenvalue weighted by atomic mass is 16.5. The number of hydrogen-bond donors (Lipinski definition) is 2. The molecular formula is C12H25NO5. The minimum absolute atomic E-state index is 0.475. The Balaban J connectivity index is 3.30. The number of methoxy groups -OCH3 is 1. The van der Waals surface area contributed by atoms with Gasteiger partial charge in [0.1, 0.15) is 6.04 Å². The van der Waals surface area contributed by atoms with Gasteiger partial charge in [0, 0.05) is 13.7 Å². The Labute approximate surface area is 109 Å². The van der Waals surface area contributed by atoms with Gasteiger partial charge in [-0.15, -0.1) is 0 Å². The number of nitrogens with one attached hydrogen (secondary N) is 1. The lowest BCUT2D eigenvalue weighted by atomic mass is 10.2. The summed E-state index contributed by atoms with van der Waals surface area (Å²) in [4.78, 5) is 10.8. The highest BCUT2D eigenvalue weighted by Crippen LogP contribution is 1.96. The lowest BCUT2D eigenvalue weighted by Crippen LogP contribution is -2.38. The second-order valence-corrected chi connectivity index (χ2v) is 3.85. The van der Waals surface area contributed by atoms with Gasteiger partial charge < -0.3 is 24.6 Å². The van der Waals surface area contributed by atoms with Gasteiger partial charge in [-0.2, -0.15) is 0 Å². The second-order valence-electron chi connectivity index (χ2n) is 3.85. The lowest BCUT2D eigenvalue weighted by molar-refractivity contribution is -0.139. The van der Waals surface area contributed by atoms with Crippen LogP contribution < -0.4 is 5.32 Å². The van der Waals surface area contributed by atoms with E-state index in [4.69, 9.17) is 19.3 Å². The Bertz CT molecular complexity index is 201. The molecule has 0 aromatic rings. The zero-order valence-corrected chi connectivity index (χ0v) is 11.3. The van der Waals surface area contributed by atoms with E-state index >= 15 is 0 Å². The van der Waals surface area contributed by atoms with E-state index in [0.717, 1.165) is 6.42 Å². The SMILES string of the molecule is CCCC(NCCOCCOCCOC)C(=O)O. The summed E-state index contributed by atoms with van der Waals surface area (Å²) in [5.41, 5.74) is 0. The van der Waals surface area contributed by atoms with Crippen LogP contribution in [0.1, 0.15) is 19.8 Å². The highest BCUT2D eigenvalue weighted by Gasteiger charge is 2.14. The highest BCUT2D eigenvalue weighted by molar-refractivity contribution is 5.73. The van der Waals surface area contributed by atoms with Crippen LogP contribution in [0.25, 0.3) is 0 Å². The summed E-state index contributed by atoms with van der Waals surface area (Å²) in [6.07, 6.45) is 1.48. The summed E-state index contributed by atoms with van der Waals surface area (Å²) in [5.74, 6) is -0.806. The topological polar surface area (TPSA) is 77.0 Å². The number of hydrogen-bond acceptors (Lipinski definition) is 5. The van der Waals surface area contributed by atoms with Crippen LogP contribution in [0, 0.1) is 0 Å². The number of carboxylic acids is 1. The van der Waals surface area contributed by atoms with E-state index in [2.05, 4.69) is 5.32 Å². The standard InChI is InChI=1S/C12H25NO5/c1-3-4-11(12(14)15)13-5-6-17-9-10-18-8-7-16-2/h11,13H,3-10H2,1-2H3,(H,14,15). The zero-order chi connectivity index (χ0) is 13.6. The first-order valence-electron chi connectivity index (χ1n) is 6.33. The van der Waals surface area contributed by atoms with Gasteiger partial charge >= 0.3 is 5.97 Å². The maximum Gasteiger partial charge on any atom is 0.320 e. The average molecular weight is 263 g/mol. The number of carboxylic acid groups (broad SMARTS) is 1. The fraction of sp³-hybridized carbons (Fsp3) is 0.917. The van der Waals surface area contributed by atoms with Crippen molar-refractivity contribution in [2.45, 2.75) is 25.8 Å². The number of aliphatic carboxylic acids is 1. The van der Waals surface area contributed by atoms with Crippen molar-refractivity contribution in [1.29, 1.82) is 0 Å². The third-order valence-corrected chi connectivity index (χ3v) is 2.32. The third kappa shape index (κ3) is 10.5.